The van der Waals surface area contributed by atoms with Crippen molar-refractivity contribution < 1.29 is 14.4 Å². The maximum Gasteiger partial charge on any atom is 0.237 e. The molecule has 80 valence electrons. The highest BCUT2D eigenvalue weighted by molar-refractivity contribution is 5.87. The highest BCUT2D eigenvalue weighted by Crippen LogP contribution is 1.93. The lowest BCUT2D eigenvalue weighted by molar-refractivity contribution is -0.126. The van der Waals surface area contributed by atoms with Crippen LogP contribution in [0.15, 0.2) is 0 Å². The van der Waals surface area contributed by atoms with Crippen LogP contribution in [0.1, 0.15) is 12.8 Å². The van der Waals surface area contributed by atoms with E-state index in [1.165, 1.54) is 0 Å². The summed E-state index contributed by atoms with van der Waals surface area (Å²) in [6, 6.07) is -0.846. The number of carbonyl (C=O) groups is 3. The Morgan fingerprint density at radius 3 is 2.14 bits per heavy atom. The minimum Gasteiger partial charge on any atom is -0.370 e. The van der Waals surface area contributed by atoms with Gasteiger partial charge in [-0.25, -0.2) is 0 Å². The van der Waals surface area contributed by atoms with Gasteiger partial charge < -0.3 is 22.5 Å². The van der Waals surface area contributed by atoms with Gasteiger partial charge in [-0.3, -0.25) is 14.4 Å². The van der Waals surface area contributed by atoms with E-state index in [1.54, 1.807) is 0 Å². The average Bonchev–Trinajstić information content (AvgIpc) is 2.09. The lowest BCUT2D eigenvalue weighted by atomic mass is 10.1. The van der Waals surface area contributed by atoms with E-state index in [-0.39, 0.29) is 19.4 Å². The summed E-state index contributed by atoms with van der Waals surface area (Å²) in [7, 11) is 0. The molecule has 0 rings (SSSR count). The predicted molar refractivity (Wildman–Crippen MR) is 48.6 cm³/mol. The first-order valence-electron chi connectivity index (χ1n) is 4.03. The predicted octanol–water partition coefficient (Wildman–Crippen LogP) is -2.82. The van der Waals surface area contributed by atoms with Crippen molar-refractivity contribution in [1.82, 2.24) is 5.32 Å². The Kier molecular flexibility index (Phi) is 5.23. The van der Waals surface area contributed by atoms with Crippen molar-refractivity contribution >= 4 is 17.7 Å². The van der Waals surface area contributed by atoms with Crippen molar-refractivity contribution in [3.63, 3.8) is 0 Å². The van der Waals surface area contributed by atoms with Gasteiger partial charge in [0.25, 0.3) is 0 Å². The zero-order valence-corrected chi connectivity index (χ0v) is 7.66. The maximum atomic E-state index is 11.1. The zero-order chi connectivity index (χ0) is 11.1. The van der Waals surface area contributed by atoms with Gasteiger partial charge in [0.15, 0.2) is 0 Å². The summed E-state index contributed by atoms with van der Waals surface area (Å²) >= 11 is 0. The number of hydrogen-bond donors (Lipinski definition) is 4. The summed E-state index contributed by atoms with van der Waals surface area (Å²) < 4.78 is 0. The second-order valence-corrected chi connectivity index (χ2v) is 2.80. The fourth-order valence-electron chi connectivity index (χ4n) is 0.734. The standard InChI is InChI=1S/C7H14N4O3/c8-4(1-2-5(9)12)7(14)11-3-6(10)13/h4H,1-3,8H2,(H2,9,12)(H2,10,13)(H,11,14). The molecular formula is C7H14N4O3. The molecular weight excluding hydrogens is 188 g/mol. The molecule has 0 spiro atoms. The zero-order valence-electron chi connectivity index (χ0n) is 7.66. The fourth-order valence-corrected chi connectivity index (χ4v) is 0.734. The van der Waals surface area contributed by atoms with Gasteiger partial charge in [-0.2, -0.15) is 0 Å². The number of rotatable bonds is 6. The first kappa shape index (κ1) is 12.4. The number of primary amides is 2. The fraction of sp³-hybridized carbons (Fsp3) is 0.571. The lowest BCUT2D eigenvalue weighted by Crippen LogP contribution is -2.44. The molecule has 1 unspecified atom stereocenters. The first-order valence-corrected chi connectivity index (χ1v) is 4.03. The first-order chi connectivity index (χ1) is 6.43. The van der Waals surface area contributed by atoms with Gasteiger partial charge in [-0.05, 0) is 6.42 Å². The number of nitrogens with two attached hydrogens (primary N) is 3. The Hall–Kier alpha value is -1.63. The van der Waals surface area contributed by atoms with Gasteiger partial charge in [-0.1, -0.05) is 0 Å². The minimum absolute atomic E-state index is 0.0329. The molecule has 7 nitrogen and oxygen atoms in total. The SMILES string of the molecule is NC(=O)CCC(N)C(=O)NCC(N)=O. The summed E-state index contributed by atoms with van der Waals surface area (Å²) in [6.07, 6.45) is 0.186. The quantitative estimate of drug-likeness (QED) is 0.368. The number of amides is 3. The highest BCUT2D eigenvalue weighted by atomic mass is 16.2. The van der Waals surface area contributed by atoms with Crippen LogP contribution in [0.2, 0.25) is 0 Å². The van der Waals surface area contributed by atoms with Gasteiger partial charge in [0.1, 0.15) is 0 Å². The summed E-state index contributed by atoms with van der Waals surface area (Å²) in [5.74, 6) is -1.70. The third-order valence-corrected chi connectivity index (χ3v) is 1.48. The molecule has 0 aromatic rings. The molecule has 3 amide bonds. The summed E-state index contributed by atoms with van der Waals surface area (Å²) in [6.45, 7) is -0.261. The number of nitrogens with one attached hydrogen (secondary N) is 1. The molecule has 0 aliphatic heterocycles. The maximum absolute atomic E-state index is 11.1. The Bertz CT molecular complexity index is 241. The van der Waals surface area contributed by atoms with E-state index in [0.29, 0.717) is 0 Å². The second kappa shape index (κ2) is 5.92. The van der Waals surface area contributed by atoms with Crippen molar-refractivity contribution in [2.45, 2.75) is 18.9 Å². The third-order valence-electron chi connectivity index (χ3n) is 1.48. The Balaban J connectivity index is 3.76. The molecule has 7 N–H and O–H groups in total. The van der Waals surface area contributed by atoms with Crippen molar-refractivity contribution in [3.05, 3.63) is 0 Å². The molecule has 0 saturated heterocycles. The van der Waals surface area contributed by atoms with E-state index >= 15 is 0 Å². The van der Waals surface area contributed by atoms with Crippen LogP contribution in [0.5, 0.6) is 0 Å². The molecule has 0 heterocycles. The number of carbonyl (C=O) groups excluding carboxylic acids is 3. The Morgan fingerprint density at radius 1 is 1.14 bits per heavy atom. The van der Waals surface area contributed by atoms with Crippen molar-refractivity contribution in [2.24, 2.45) is 17.2 Å². The summed E-state index contributed by atoms with van der Waals surface area (Å²) in [5.41, 5.74) is 15.0. The van der Waals surface area contributed by atoms with Crippen LogP contribution < -0.4 is 22.5 Å². The van der Waals surface area contributed by atoms with Crippen LogP contribution in [0, 0.1) is 0 Å². The van der Waals surface area contributed by atoms with E-state index in [0.717, 1.165) is 0 Å². The van der Waals surface area contributed by atoms with Crippen LogP contribution in [0.3, 0.4) is 0 Å². The second-order valence-electron chi connectivity index (χ2n) is 2.80. The topological polar surface area (TPSA) is 141 Å². The molecule has 1 atom stereocenters. The smallest absolute Gasteiger partial charge is 0.237 e. The van der Waals surface area contributed by atoms with Crippen LogP contribution in [0.25, 0.3) is 0 Å². The van der Waals surface area contributed by atoms with Gasteiger partial charge in [0.05, 0.1) is 12.6 Å². The van der Waals surface area contributed by atoms with Crippen molar-refractivity contribution in [3.8, 4) is 0 Å². The van der Waals surface area contributed by atoms with E-state index in [4.69, 9.17) is 17.2 Å². The van der Waals surface area contributed by atoms with Gasteiger partial charge >= 0.3 is 0 Å². The van der Waals surface area contributed by atoms with Crippen LogP contribution in [0.4, 0.5) is 0 Å². The van der Waals surface area contributed by atoms with Gasteiger partial charge in [-0.15, -0.1) is 0 Å². The highest BCUT2D eigenvalue weighted by Gasteiger charge is 2.14. The molecule has 0 aromatic carbocycles. The largest absolute Gasteiger partial charge is 0.370 e. The lowest BCUT2D eigenvalue weighted by Gasteiger charge is -2.09. The Labute approximate surface area is 81.0 Å². The van der Waals surface area contributed by atoms with E-state index in [9.17, 15) is 14.4 Å². The van der Waals surface area contributed by atoms with Crippen LogP contribution in [-0.2, 0) is 14.4 Å². The van der Waals surface area contributed by atoms with Crippen molar-refractivity contribution in [1.29, 1.82) is 0 Å². The minimum atomic E-state index is -0.846. The van der Waals surface area contributed by atoms with Crippen LogP contribution >= 0.6 is 0 Å². The molecule has 0 fully saturated rings. The van der Waals surface area contributed by atoms with Gasteiger partial charge in [0.2, 0.25) is 17.7 Å². The summed E-state index contributed by atoms with van der Waals surface area (Å²) in [5, 5.41) is 2.22. The third kappa shape index (κ3) is 5.95. The molecule has 0 aliphatic rings. The Morgan fingerprint density at radius 2 is 1.71 bits per heavy atom. The molecule has 0 saturated carbocycles. The molecule has 7 heteroatoms. The summed E-state index contributed by atoms with van der Waals surface area (Å²) in [4.78, 5) is 31.7. The molecule has 0 aliphatic carbocycles. The average molecular weight is 202 g/mol. The normalized spacial score (nSPS) is 11.8. The monoisotopic (exact) mass is 202 g/mol. The van der Waals surface area contributed by atoms with E-state index in [1.807, 2.05) is 0 Å². The van der Waals surface area contributed by atoms with Crippen molar-refractivity contribution in [2.75, 3.05) is 6.54 Å². The number of hydrogen-bond acceptors (Lipinski definition) is 4. The van der Waals surface area contributed by atoms with E-state index < -0.39 is 23.8 Å². The molecule has 0 bridgehead atoms. The molecule has 0 radical (unpaired) electrons. The molecule has 14 heavy (non-hydrogen) atoms. The molecule has 0 aromatic heterocycles. The van der Waals surface area contributed by atoms with Gasteiger partial charge in [0, 0.05) is 6.42 Å². The van der Waals surface area contributed by atoms with E-state index in [2.05, 4.69) is 5.32 Å². The van der Waals surface area contributed by atoms with Crippen LogP contribution in [-0.4, -0.2) is 30.3 Å².